The van der Waals surface area contributed by atoms with E-state index in [4.69, 9.17) is 10.8 Å². The smallest absolute Gasteiger partial charge is 0.328 e. The molecule has 0 saturated carbocycles. The predicted molar refractivity (Wildman–Crippen MR) is 78.3 cm³/mol. The van der Waals surface area contributed by atoms with E-state index >= 15 is 0 Å². The third-order valence-corrected chi connectivity index (χ3v) is 2.62. The predicted octanol–water partition coefficient (Wildman–Crippen LogP) is 2.35. The molecule has 0 amide bonds. The molecule has 0 aliphatic heterocycles. The van der Waals surface area contributed by atoms with E-state index in [1.807, 2.05) is 43.3 Å². The maximum atomic E-state index is 11.0. The maximum absolute atomic E-state index is 11.0. The van der Waals surface area contributed by atoms with Gasteiger partial charge in [0.15, 0.2) is 0 Å². The molecule has 1 aromatic carbocycles. The Labute approximate surface area is 113 Å². The fourth-order valence-corrected chi connectivity index (χ4v) is 1.63. The van der Waals surface area contributed by atoms with Crippen LogP contribution < -0.4 is 5.73 Å². The second kappa shape index (κ2) is 8.21. The van der Waals surface area contributed by atoms with E-state index in [1.54, 1.807) is 6.21 Å². The second-order valence-electron chi connectivity index (χ2n) is 4.36. The molecular formula is C15H20N2O2. The Bertz CT molecular complexity index is 452. The standard InChI is InChI=1S/C15H20N2O2/c1-12(10-13-6-3-2-4-7-13)11-17-14(15(18)19)8-5-9-16/h2-4,6-7,10-11,14H,5,8-9,16H2,1H3,(H,18,19)/b12-10+,17-11?. The molecule has 1 aromatic rings. The lowest BCUT2D eigenvalue weighted by Crippen LogP contribution is -2.19. The number of aliphatic imine (C=N–C) groups is 1. The first-order valence-corrected chi connectivity index (χ1v) is 6.33. The Morgan fingerprint density at radius 2 is 2.11 bits per heavy atom. The minimum absolute atomic E-state index is 0.473. The number of carboxylic acids is 1. The summed E-state index contributed by atoms with van der Waals surface area (Å²) in [5.41, 5.74) is 7.37. The number of nitrogens with zero attached hydrogens (tertiary/aromatic N) is 1. The number of hydrogen-bond donors (Lipinski definition) is 2. The van der Waals surface area contributed by atoms with E-state index in [-0.39, 0.29) is 0 Å². The van der Waals surface area contributed by atoms with Crippen molar-refractivity contribution in [3.8, 4) is 0 Å². The van der Waals surface area contributed by atoms with Crippen molar-refractivity contribution < 1.29 is 9.90 Å². The van der Waals surface area contributed by atoms with Crippen LogP contribution in [0.1, 0.15) is 25.3 Å². The molecule has 0 bridgehead atoms. The van der Waals surface area contributed by atoms with Crippen molar-refractivity contribution in [2.75, 3.05) is 6.54 Å². The lowest BCUT2D eigenvalue weighted by molar-refractivity contribution is -0.138. The maximum Gasteiger partial charge on any atom is 0.328 e. The van der Waals surface area contributed by atoms with Gasteiger partial charge in [-0.15, -0.1) is 0 Å². The van der Waals surface area contributed by atoms with E-state index in [1.165, 1.54) is 0 Å². The molecule has 0 aromatic heterocycles. The molecule has 0 aliphatic rings. The number of hydrogen-bond acceptors (Lipinski definition) is 3. The zero-order valence-electron chi connectivity index (χ0n) is 11.1. The molecule has 4 nitrogen and oxygen atoms in total. The molecule has 0 aliphatic carbocycles. The molecule has 0 heterocycles. The number of allylic oxidation sites excluding steroid dienone is 1. The van der Waals surface area contributed by atoms with Crippen LogP contribution in [-0.4, -0.2) is 29.9 Å². The van der Waals surface area contributed by atoms with Crippen LogP contribution in [0.5, 0.6) is 0 Å². The van der Waals surface area contributed by atoms with Gasteiger partial charge in [-0.25, -0.2) is 4.79 Å². The molecular weight excluding hydrogens is 240 g/mol. The fraction of sp³-hybridized carbons (Fsp3) is 0.333. The Balaban J connectivity index is 2.67. The summed E-state index contributed by atoms with van der Waals surface area (Å²) < 4.78 is 0. The zero-order chi connectivity index (χ0) is 14.1. The third kappa shape index (κ3) is 5.97. The average Bonchev–Trinajstić information content (AvgIpc) is 2.39. The van der Waals surface area contributed by atoms with E-state index in [2.05, 4.69) is 4.99 Å². The van der Waals surface area contributed by atoms with Crippen molar-refractivity contribution in [2.24, 2.45) is 10.7 Å². The number of benzene rings is 1. The van der Waals surface area contributed by atoms with Crippen molar-refractivity contribution in [2.45, 2.75) is 25.8 Å². The Kier molecular flexibility index (Phi) is 6.53. The van der Waals surface area contributed by atoms with Crippen LogP contribution in [0.15, 0.2) is 40.9 Å². The number of carbonyl (C=O) groups is 1. The van der Waals surface area contributed by atoms with Crippen molar-refractivity contribution in [3.63, 3.8) is 0 Å². The van der Waals surface area contributed by atoms with E-state index in [9.17, 15) is 4.79 Å². The molecule has 3 N–H and O–H groups in total. The summed E-state index contributed by atoms with van der Waals surface area (Å²) in [6.45, 7) is 2.39. The van der Waals surface area contributed by atoms with Crippen LogP contribution in [0.4, 0.5) is 0 Å². The average molecular weight is 260 g/mol. The second-order valence-corrected chi connectivity index (χ2v) is 4.36. The van der Waals surface area contributed by atoms with Gasteiger partial charge >= 0.3 is 5.97 Å². The summed E-state index contributed by atoms with van der Waals surface area (Å²) in [5, 5.41) is 9.03. The SMILES string of the molecule is C/C(C=NC(CCCN)C(=O)O)=C\c1ccccc1. The van der Waals surface area contributed by atoms with Gasteiger partial charge in [0, 0.05) is 6.21 Å². The Hall–Kier alpha value is -1.94. The molecule has 4 heteroatoms. The zero-order valence-corrected chi connectivity index (χ0v) is 11.1. The third-order valence-electron chi connectivity index (χ3n) is 2.62. The highest BCUT2D eigenvalue weighted by molar-refractivity contribution is 5.87. The topological polar surface area (TPSA) is 75.7 Å². The largest absolute Gasteiger partial charge is 0.480 e. The molecule has 19 heavy (non-hydrogen) atoms. The minimum Gasteiger partial charge on any atom is -0.480 e. The first kappa shape index (κ1) is 15.1. The van der Waals surface area contributed by atoms with Crippen LogP contribution in [0.2, 0.25) is 0 Å². The van der Waals surface area contributed by atoms with E-state index < -0.39 is 12.0 Å². The van der Waals surface area contributed by atoms with Gasteiger partial charge in [-0.2, -0.15) is 0 Å². The molecule has 1 rings (SSSR count). The quantitative estimate of drug-likeness (QED) is 0.739. The number of carboxylic acid groups (broad SMARTS) is 1. The highest BCUT2D eigenvalue weighted by Crippen LogP contribution is 2.06. The summed E-state index contributed by atoms with van der Waals surface area (Å²) in [4.78, 5) is 15.1. The van der Waals surface area contributed by atoms with Gasteiger partial charge in [-0.1, -0.05) is 36.4 Å². The van der Waals surface area contributed by atoms with Crippen LogP contribution in [0.3, 0.4) is 0 Å². The molecule has 0 spiro atoms. The number of aliphatic carboxylic acids is 1. The highest BCUT2D eigenvalue weighted by Gasteiger charge is 2.13. The summed E-state index contributed by atoms with van der Waals surface area (Å²) >= 11 is 0. The minimum atomic E-state index is -0.905. The summed E-state index contributed by atoms with van der Waals surface area (Å²) in [6, 6.07) is 9.13. The van der Waals surface area contributed by atoms with E-state index in [0.29, 0.717) is 19.4 Å². The van der Waals surface area contributed by atoms with Crippen molar-refractivity contribution >= 4 is 18.3 Å². The summed E-state index contributed by atoms with van der Waals surface area (Å²) in [5.74, 6) is -0.905. The van der Waals surface area contributed by atoms with Gasteiger partial charge in [-0.05, 0) is 37.4 Å². The number of nitrogens with two attached hydrogens (primary N) is 1. The van der Waals surface area contributed by atoms with Crippen LogP contribution in [0, 0.1) is 0 Å². The summed E-state index contributed by atoms with van der Waals surface area (Å²) in [6.07, 6.45) is 4.71. The molecule has 0 saturated heterocycles. The Morgan fingerprint density at radius 1 is 1.42 bits per heavy atom. The van der Waals surface area contributed by atoms with Gasteiger partial charge < -0.3 is 10.8 Å². The number of rotatable bonds is 7. The lowest BCUT2D eigenvalue weighted by Gasteiger charge is -2.05. The van der Waals surface area contributed by atoms with E-state index in [0.717, 1.165) is 11.1 Å². The molecule has 0 radical (unpaired) electrons. The van der Waals surface area contributed by atoms with Crippen molar-refractivity contribution in [3.05, 3.63) is 41.5 Å². The molecule has 102 valence electrons. The lowest BCUT2D eigenvalue weighted by atomic mass is 10.1. The van der Waals surface area contributed by atoms with Gasteiger partial charge in [-0.3, -0.25) is 4.99 Å². The highest BCUT2D eigenvalue weighted by atomic mass is 16.4. The first-order valence-electron chi connectivity index (χ1n) is 6.33. The van der Waals surface area contributed by atoms with Crippen molar-refractivity contribution in [1.29, 1.82) is 0 Å². The summed E-state index contributed by atoms with van der Waals surface area (Å²) in [7, 11) is 0. The van der Waals surface area contributed by atoms with Crippen LogP contribution in [-0.2, 0) is 4.79 Å². The monoisotopic (exact) mass is 260 g/mol. The van der Waals surface area contributed by atoms with Crippen LogP contribution >= 0.6 is 0 Å². The van der Waals surface area contributed by atoms with Crippen molar-refractivity contribution in [1.82, 2.24) is 0 Å². The van der Waals surface area contributed by atoms with Gasteiger partial charge in [0.05, 0.1) is 0 Å². The first-order chi connectivity index (χ1) is 9.13. The normalized spacial score (nSPS) is 13.7. The molecule has 1 atom stereocenters. The van der Waals surface area contributed by atoms with Gasteiger partial charge in [0.2, 0.25) is 0 Å². The molecule has 1 unspecified atom stereocenters. The molecule has 0 fully saturated rings. The van der Waals surface area contributed by atoms with Crippen LogP contribution in [0.25, 0.3) is 6.08 Å². The Morgan fingerprint density at radius 3 is 2.68 bits per heavy atom. The van der Waals surface area contributed by atoms with Gasteiger partial charge in [0.1, 0.15) is 6.04 Å². The fourth-order valence-electron chi connectivity index (χ4n) is 1.63. The van der Waals surface area contributed by atoms with Gasteiger partial charge in [0.25, 0.3) is 0 Å².